The van der Waals surface area contributed by atoms with Gasteiger partial charge in [-0.15, -0.1) is 0 Å². The van der Waals surface area contributed by atoms with Crippen molar-refractivity contribution in [3.05, 3.63) is 34.2 Å². The number of amides is 2. The molecule has 0 spiro atoms. The Morgan fingerprint density at radius 3 is 2.84 bits per heavy atom. The van der Waals surface area contributed by atoms with Crippen molar-refractivity contribution in [1.29, 1.82) is 0 Å². The molecule has 0 bridgehead atoms. The first-order chi connectivity index (χ1) is 9.16. The largest absolute Gasteiger partial charge is 0.335 e. The number of pyridine rings is 1. The molecule has 0 saturated heterocycles. The molecule has 0 radical (unpaired) electrons. The van der Waals surface area contributed by atoms with Crippen LogP contribution in [0.3, 0.4) is 0 Å². The molecule has 2 rings (SSSR count). The third-order valence-electron chi connectivity index (χ3n) is 3.58. The van der Waals surface area contributed by atoms with Crippen molar-refractivity contribution in [3.63, 3.8) is 0 Å². The van der Waals surface area contributed by atoms with Crippen LogP contribution in [0, 0.1) is 0 Å². The molecular weight excluding hydrogens is 242 g/mol. The van der Waals surface area contributed by atoms with Crippen molar-refractivity contribution in [2.75, 3.05) is 0 Å². The number of aromatic nitrogens is 1. The van der Waals surface area contributed by atoms with Crippen molar-refractivity contribution in [2.45, 2.75) is 44.7 Å². The SMILES string of the molecule is Cn1cccc(CNC(=O)NC2CCCCC2)c1=O. The van der Waals surface area contributed by atoms with Crippen molar-refractivity contribution in [1.82, 2.24) is 15.2 Å². The molecule has 1 aromatic heterocycles. The minimum atomic E-state index is -0.183. The van der Waals surface area contributed by atoms with Gasteiger partial charge in [-0.25, -0.2) is 4.79 Å². The van der Waals surface area contributed by atoms with Gasteiger partial charge in [-0.2, -0.15) is 0 Å². The summed E-state index contributed by atoms with van der Waals surface area (Å²) in [4.78, 5) is 23.5. The highest BCUT2D eigenvalue weighted by Gasteiger charge is 2.15. The number of rotatable bonds is 3. The predicted octanol–water partition coefficient (Wildman–Crippen LogP) is 1.52. The van der Waals surface area contributed by atoms with E-state index in [0.717, 1.165) is 12.8 Å². The molecule has 1 aliphatic rings. The van der Waals surface area contributed by atoms with E-state index in [1.807, 2.05) is 0 Å². The van der Waals surface area contributed by atoms with E-state index >= 15 is 0 Å². The van der Waals surface area contributed by atoms with E-state index in [4.69, 9.17) is 0 Å². The molecule has 5 nitrogen and oxygen atoms in total. The highest BCUT2D eigenvalue weighted by atomic mass is 16.2. The van der Waals surface area contributed by atoms with Gasteiger partial charge in [-0.1, -0.05) is 25.3 Å². The van der Waals surface area contributed by atoms with Crippen LogP contribution in [-0.2, 0) is 13.6 Å². The molecule has 0 aromatic carbocycles. The minimum Gasteiger partial charge on any atom is -0.335 e. The molecule has 0 unspecified atom stereocenters. The Balaban J connectivity index is 1.83. The summed E-state index contributed by atoms with van der Waals surface area (Å²) in [6.07, 6.45) is 7.45. The molecule has 104 valence electrons. The second-order valence-corrected chi connectivity index (χ2v) is 5.11. The topological polar surface area (TPSA) is 63.1 Å². The number of carbonyl (C=O) groups excluding carboxylic acids is 1. The van der Waals surface area contributed by atoms with Crippen LogP contribution in [0.5, 0.6) is 0 Å². The zero-order valence-corrected chi connectivity index (χ0v) is 11.3. The highest BCUT2D eigenvalue weighted by Crippen LogP contribution is 2.17. The lowest BCUT2D eigenvalue weighted by Crippen LogP contribution is -2.43. The maximum atomic E-state index is 11.8. The molecule has 1 fully saturated rings. The summed E-state index contributed by atoms with van der Waals surface area (Å²) in [6, 6.07) is 3.64. The maximum absolute atomic E-state index is 11.8. The van der Waals surface area contributed by atoms with Gasteiger partial charge in [0.15, 0.2) is 0 Å². The van der Waals surface area contributed by atoms with Crippen molar-refractivity contribution in [2.24, 2.45) is 7.05 Å². The van der Waals surface area contributed by atoms with Crippen LogP contribution >= 0.6 is 0 Å². The van der Waals surface area contributed by atoms with E-state index in [1.165, 1.54) is 23.8 Å². The molecule has 0 aliphatic heterocycles. The second-order valence-electron chi connectivity index (χ2n) is 5.11. The average Bonchev–Trinajstić information content (AvgIpc) is 2.42. The van der Waals surface area contributed by atoms with E-state index in [-0.39, 0.29) is 24.2 Å². The summed E-state index contributed by atoms with van der Waals surface area (Å²) >= 11 is 0. The van der Waals surface area contributed by atoms with Crippen LogP contribution in [-0.4, -0.2) is 16.6 Å². The molecule has 19 heavy (non-hydrogen) atoms. The van der Waals surface area contributed by atoms with Gasteiger partial charge in [0, 0.05) is 31.4 Å². The summed E-state index contributed by atoms with van der Waals surface area (Å²) < 4.78 is 1.51. The standard InChI is InChI=1S/C14H21N3O2/c1-17-9-5-6-11(13(17)18)10-15-14(19)16-12-7-3-2-4-8-12/h5-6,9,12H,2-4,7-8,10H2,1H3,(H2,15,16,19). The summed E-state index contributed by atoms with van der Waals surface area (Å²) in [5, 5.41) is 5.72. The van der Waals surface area contributed by atoms with Gasteiger partial charge in [0.25, 0.3) is 5.56 Å². The zero-order chi connectivity index (χ0) is 13.7. The molecule has 0 atom stereocenters. The van der Waals surface area contributed by atoms with Gasteiger partial charge >= 0.3 is 6.03 Å². The van der Waals surface area contributed by atoms with E-state index < -0.39 is 0 Å². The molecule has 2 N–H and O–H groups in total. The number of nitrogens with zero attached hydrogens (tertiary/aromatic N) is 1. The van der Waals surface area contributed by atoms with Crippen LogP contribution in [0.15, 0.2) is 23.1 Å². The smallest absolute Gasteiger partial charge is 0.315 e. The highest BCUT2D eigenvalue weighted by molar-refractivity contribution is 5.74. The maximum Gasteiger partial charge on any atom is 0.315 e. The number of hydrogen-bond acceptors (Lipinski definition) is 2. The zero-order valence-electron chi connectivity index (χ0n) is 11.3. The molecule has 1 heterocycles. The normalized spacial score (nSPS) is 16.1. The van der Waals surface area contributed by atoms with Gasteiger partial charge in [0.05, 0.1) is 0 Å². The summed E-state index contributed by atoms with van der Waals surface area (Å²) in [5.41, 5.74) is 0.532. The first-order valence-corrected chi connectivity index (χ1v) is 6.85. The van der Waals surface area contributed by atoms with Crippen molar-refractivity contribution in [3.8, 4) is 0 Å². The Labute approximate surface area is 113 Å². The fraction of sp³-hybridized carbons (Fsp3) is 0.571. The van der Waals surface area contributed by atoms with Crippen LogP contribution < -0.4 is 16.2 Å². The fourth-order valence-corrected chi connectivity index (χ4v) is 2.45. The van der Waals surface area contributed by atoms with Gasteiger partial charge in [0.2, 0.25) is 0 Å². The van der Waals surface area contributed by atoms with Gasteiger partial charge < -0.3 is 15.2 Å². The van der Waals surface area contributed by atoms with Crippen molar-refractivity contribution >= 4 is 6.03 Å². The third-order valence-corrected chi connectivity index (χ3v) is 3.58. The Kier molecular flexibility index (Phi) is 4.60. The lowest BCUT2D eigenvalue weighted by Gasteiger charge is -2.22. The molecule has 5 heteroatoms. The number of urea groups is 1. The predicted molar refractivity (Wildman–Crippen MR) is 73.9 cm³/mol. The lowest BCUT2D eigenvalue weighted by atomic mass is 9.96. The monoisotopic (exact) mass is 263 g/mol. The summed E-state index contributed by atoms with van der Waals surface area (Å²) in [7, 11) is 1.70. The number of hydrogen-bond donors (Lipinski definition) is 2. The number of carbonyl (C=O) groups is 1. The van der Waals surface area contributed by atoms with E-state index in [9.17, 15) is 9.59 Å². The lowest BCUT2D eigenvalue weighted by molar-refractivity contribution is 0.232. The number of nitrogens with one attached hydrogen (secondary N) is 2. The van der Waals surface area contributed by atoms with Crippen LogP contribution in [0.1, 0.15) is 37.7 Å². The Morgan fingerprint density at radius 2 is 2.11 bits per heavy atom. The van der Waals surface area contributed by atoms with Crippen LogP contribution in [0.2, 0.25) is 0 Å². The Bertz CT molecular complexity index is 490. The Morgan fingerprint density at radius 1 is 1.37 bits per heavy atom. The fourth-order valence-electron chi connectivity index (χ4n) is 2.45. The van der Waals surface area contributed by atoms with Gasteiger partial charge in [0.1, 0.15) is 0 Å². The first-order valence-electron chi connectivity index (χ1n) is 6.85. The minimum absolute atomic E-state index is 0.0690. The van der Waals surface area contributed by atoms with E-state index in [1.54, 1.807) is 25.4 Å². The van der Waals surface area contributed by atoms with Crippen LogP contribution in [0.25, 0.3) is 0 Å². The Hall–Kier alpha value is -1.78. The van der Waals surface area contributed by atoms with Crippen molar-refractivity contribution < 1.29 is 4.79 Å². The van der Waals surface area contributed by atoms with Gasteiger partial charge in [-0.3, -0.25) is 4.79 Å². The second kappa shape index (κ2) is 6.41. The molecular formula is C14H21N3O2. The van der Waals surface area contributed by atoms with E-state index in [2.05, 4.69) is 10.6 Å². The molecule has 2 amide bonds. The van der Waals surface area contributed by atoms with Crippen LogP contribution in [0.4, 0.5) is 4.79 Å². The average molecular weight is 263 g/mol. The molecule has 1 aliphatic carbocycles. The first kappa shape index (κ1) is 13.6. The third kappa shape index (κ3) is 3.84. The van der Waals surface area contributed by atoms with Gasteiger partial charge in [-0.05, 0) is 18.9 Å². The molecule has 1 saturated carbocycles. The number of aryl methyl sites for hydroxylation is 1. The van der Waals surface area contributed by atoms with E-state index in [0.29, 0.717) is 5.56 Å². The summed E-state index contributed by atoms with van der Waals surface area (Å²) in [6.45, 7) is 0.270. The quantitative estimate of drug-likeness (QED) is 0.868. The summed E-state index contributed by atoms with van der Waals surface area (Å²) in [5.74, 6) is 0. The molecule has 1 aromatic rings.